The van der Waals surface area contributed by atoms with Gasteiger partial charge in [0.1, 0.15) is 11.5 Å². The molecule has 0 aliphatic heterocycles. The van der Waals surface area contributed by atoms with E-state index >= 15 is 0 Å². The van der Waals surface area contributed by atoms with Crippen LogP contribution in [0.4, 0.5) is 0 Å². The molecule has 2 rings (SSSR count). The molecular weight excluding hydrogens is 244 g/mol. The van der Waals surface area contributed by atoms with Crippen molar-refractivity contribution in [3.05, 3.63) is 23.0 Å². The lowest BCUT2D eigenvalue weighted by molar-refractivity contribution is -0.140. The van der Waals surface area contributed by atoms with E-state index in [2.05, 4.69) is 0 Å². The first kappa shape index (κ1) is 13.8. The largest absolute Gasteiger partial charge is 0.507 e. The summed E-state index contributed by atoms with van der Waals surface area (Å²) in [4.78, 5) is 24.0. The summed E-state index contributed by atoms with van der Waals surface area (Å²) in [6, 6.07) is 0. The third-order valence-electron chi connectivity index (χ3n) is 4.08. The number of carbonyl (C=O) groups excluding carboxylic acids is 2. The molecule has 4 heteroatoms. The molecule has 0 saturated heterocycles. The van der Waals surface area contributed by atoms with Crippen LogP contribution in [0.25, 0.3) is 0 Å². The maximum Gasteiger partial charge on any atom is 0.338 e. The molecule has 1 N–H and O–H groups in total. The Balaban J connectivity index is 2.49. The smallest absolute Gasteiger partial charge is 0.338 e. The van der Waals surface area contributed by atoms with Crippen molar-refractivity contribution in [1.82, 2.24) is 0 Å². The molecule has 4 nitrogen and oxygen atoms in total. The molecule has 0 heterocycles. The molecule has 2 aliphatic carbocycles. The zero-order valence-electron chi connectivity index (χ0n) is 11.9. The van der Waals surface area contributed by atoms with Gasteiger partial charge in [0.2, 0.25) is 0 Å². The second-order valence-electron chi connectivity index (χ2n) is 6.15. The third kappa shape index (κ3) is 1.99. The summed E-state index contributed by atoms with van der Waals surface area (Å²) in [5, 5.41) is 10.1. The molecule has 19 heavy (non-hydrogen) atoms. The second-order valence-corrected chi connectivity index (χ2v) is 6.15. The summed E-state index contributed by atoms with van der Waals surface area (Å²) in [5.41, 5.74) is 0.104. The van der Waals surface area contributed by atoms with Gasteiger partial charge in [0.05, 0.1) is 12.2 Å². The van der Waals surface area contributed by atoms with Crippen molar-refractivity contribution in [1.29, 1.82) is 0 Å². The quantitative estimate of drug-likeness (QED) is 0.779. The Labute approximate surface area is 113 Å². The number of Topliss-reactive ketones (excluding diaryl/α,β-unsaturated/α-hetero) is 1. The molecule has 0 aromatic rings. The number of fused-ring (bicyclic) bond motifs is 1. The monoisotopic (exact) mass is 264 g/mol. The molecule has 0 radical (unpaired) electrons. The van der Waals surface area contributed by atoms with Gasteiger partial charge in [0.25, 0.3) is 0 Å². The van der Waals surface area contributed by atoms with Crippen LogP contribution in [-0.2, 0) is 14.3 Å². The van der Waals surface area contributed by atoms with E-state index in [1.807, 2.05) is 20.8 Å². The van der Waals surface area contributed by atoms with Gasteiger partial charge in [-0.1, -0.05) is 20.8 Å². The number of hydrogen-bond donors (Lipinski definition) is 1. The average molecular weight is 264 g/mol. The Kier molecular flexibility index (Phi) is 3.07. The first-order chi connectivity index (χ1) is 8.72. The lowest BCUT2D eigenvalue weighted by atomic mass is 9.59. The van der Waals surface area contributed by atoms with Crippen molar-refractivity contribution in [2.24, 2.45) is 10.8 Å². The topological polar surface area (TPSA) is 63.6 Å². The normalized spacial score (nSPS) is 29.1. The van der Waals surface area contributed by atoms with E-state index in [4.69, 9.17) is 4.74 Å². The molecule has 0 amide bonds. The van der Waals surface area contributed by atoms with Crippen LogP contribution in [0.1, 0.15) is 40.5 Å². The Morgan fingerprint density at radius 3 is 2.58 bits per heavy atom. The Morgan fingerprint density at radius 1 is 1.37 bits per heavy atom. The number of rotatable bonds is 2. The van der Waals surface area contributed by atoms with Gasteiger partial charge in [0, 0.05) is 18.3 Å². The number of ether oxygens (including phenoxy) is 1. The predicted octanol–water partition coefficient (Wildman–Crippen LogP) is 2.70. The van der Waals surface area contributed by atoms with Crippen LogP contribution in [0.3, 0.4) is 0 Å². The first-order valence-corrected chi connectivity index (χ1v) is 6.57. The van der Waals surface area contributed by atoms with Gasteiger partial charge in [0.15, 0.2) is 0 Å². The van der Waals surface area contributed by atoms with Gasteiger partial charge in [-0.3, -0.25) is 4.79 Å². The maximum atomic E-state index is 12.0. The summed E-state index contributed by atoms with van der Waals surface area (Å²) >= 11 is 0. The number of hydrogen-bond acceptors (Lipinski definition) is 4. The van der Waals surface area contributed by atoms with Crippen LogP contribution in [0.5, 0.6) is 0 Å². The van der Waals surface area contributed by atoms with Gasteiger partial charge in [-0.15, -0.1) is 0 Å². The number of allylic oxidation sites excluding steroid dienone is 2. The molecule has 1 unspecified atom stereocenters. The summed E-state index contributed by atoms with van der Waals surface area (Å²) in [6.07, 6.45) is 2.33. The maximum absolute atomic E-state index is 12.0. The van der Waals surface area contributed by atoms with Crippen molar-refractivity contribution in [3.8, 4) is 0 Å². The van der Waals surface area contributed by atoms with Crippen LogP contribution in [-0.4, -0.2) is 23.5 Å². The number of carbonyl (C=O) groups is 2. The van der Waals surface area contributed by atoms with Crippen molar-refractivity contribution in [2.75, 3.05) is 6.61 Å². The molecule has 0 aromatic heterocycles. The lowest BCUT2D eigenvalue weighted by Gasteiger charge is -2.43. The molecule has 104 valence electrons. The summed E-state index contributed by atoms with van der Waals surface area (Å²) in [5.74, 6) is -0.473. The minimum Gasteiger partial charge on any atom is -0.507 e. The molecule has 1 saturated carbocycles. The molecule has 0 bridgehead atoms. The van der Waals surface area contributed by atoms with Crippen LogP contribution >= 0.6 is 0 Å². The highest BCUT2D eigenvalue weighted by atomic mass is 16.5. The number of ketones is 1. The highest BCUT2D eigenvalue weighted by molar-refractivity contribution is 5.96. The standard InChI is InChI=1S/C15H20O4/c1-5-19-13(18)12-10(17)6-11-14(2,3)7-9(16)8-15(11,12)4/h6,17H,5,7-8H2,1-4H3. The van der Waals surface area contributed by atoms with Crippen LogP contribution in [0.2, 0.25) is 0 Å². The van der Waals surface area contributed by atoms with Crippen molar-refractivity contribution < 1.29 is 19.4 Å². The van der Waals surface area contributed by atoms with Crippen LogP contribution in [0, 0.1) is 10.8 Å². The van der Waals surface area contributed by atoms with Gasteiger partial charge in [-0.2, -0.15) is 0 Å². The van der Waals surface area contributed by atoms with Gasteiger partial charge in [-0.05, 0) is 24.0 Å². The van der Waals surface area contributed by atoms with Crippen molar-refractivity contribution >= 4 is 11.8 Å². The fraction of sp³-hybridized carbons (Fsp3) is 0.600. The van der Waals surface area contributed by atoms with Crippen molar-refractivity contribution in [3.63, 3.8) is 0 Å². The molecule has 0 aromatic carbocycles. The molecule has 0 spiro atoms. The highest BCUT2D eigenvalue weighted by Crippen LogP contribution is 2.57. The Morgan fingerprint density at radius 2 is 2.00 bits per heavy atom. The van der Waals surface area contributed by atoms with E-state index in [1.165, 1.54) is 0 Å². The molecule has 1 atom stereocenters. The SMILES string of the molecule is CCOC(=O)C1=C(O)C=C2C(C)(C)CC(=O)CC21C. The van der Waals surface area contributed by atoms with E-state index < -0.39 is 11.4 Å². The fourth-order valence-corrected chi connectivity index (χ4v) is 3.49. The van der Waals surface area contributed by atoms with Gasteiger partial charge < -0.3 is 9.84 Å². The van der Waals surface area contributed by atoms with Gasteiger partial charge >= 0.3 is 5.97 Å². The molecular formula is C15H20O4. The zero-order valence-corrected chi connectivity index (χ0v) is 11.9. The minimum atomic E-state index is -0.727. The van der Waals surface area contributed by atoms with E-state index in [-0.39, 0.29) is 35.6 Å². The Hall–Kier alpha value is -1.58. The van der Waals surface area contributed by atoms with E-state index in [9.17, 15) is 14.7 Å². The van der Waals surface area contributed by atoms with E-state index in [0.29, 0.717) is 6.42 Å². The third-order valence-corrected chi connectivity index (χ3v) is 4.08. The number of esters is 1. The molecule has 1 fully saturated rings. The average Bonchev–Trinajstić information content (AvgIpc) is 2.49. The predicted molar refractivity (Wildman–Crippen MR) is 70.5 cm³/mol. The first-order valence-electron chi connectivity index (χ1n) is 6.57. The number of aliphatic hydroxyl groups excluding tert-OH is 1. The summed E-state index contributed by atoms with van der Waals surface area (Å²) in [6.45, 7) is 7.74. The van der Waals surface area contributed by atoms with Crippen LogP contribution < -0.4 is 0 Å². The minimum absolute atomic E-state index is 0.0567. The lowest BCUT2D eigenvalue weighted by Crippen LogP contribution is -2.40. The van der Waals surface area contributed by atoms with E-state index in [0.717, 1.165) is 5.57 Å². The van der Waals surface area contributed by atoms with Gasteiger partial charge in [-0.25, -0.2) is 4.79 Å². The number of aliphatic hydroxyl groups is 1. The highest BCUT2D eigenvalue weighted by Gasteiger charge is 2.53. The zero-order chi connectivity index (χ0) is 14.4. The van der Waals surface area contributed by atoms with Crippen LogP contribution in [0.15, 0.2) is 23.0 Å². The van der Waals surface area contributed by atoms with Crippen molar-refractivity contribution in [2.45, 2.75) is 40.5 Å². The fourth-order valence-electron chi connectivity index (χ4n) is 3.49. The Bertz CT molecular complexity index is 510. The molecule has 2 aliphatic rings. The summed E-state index contributed by atoms with van der Waals surface area (Å²) in [7, 11) is 0. The summed E-state index contributed by atoms with van der Waals surface area (Å²) < 4.78 is 5.01. The van der Waals surface area contributed by atoms with E-state index in [1.54, 1.807) is 13.0 Å². The second kappa shape index (κ2) is 4.22.